The van der Waals surface area contributed by atoms with Crippen molar-refractivity contribution in [3.05, 3.63) is 18.0 Å². The highest BCUT2D eigenvalue weighted by Gasteiger charge is 2.24. The fourth-order valence-corrected chi connectivity index (χ4v) is 2.09. The summed E-state index contributed by atoms with van der Waals surface area (Å²) in [6.45, 7) is 8.97. The fraction of sp³-hybridized carbons (Fsp3) is 0.643. The average Bonchev–Trinajstić information content (AvgIpc) is 2.65. The Labute approximate surface area is 115 Å². The van der Waals surface area contributed by atoms with Gasteiger partial charge in [0.05, 0.1) is 11.3 Å². The standard InChI is InChI=1S/C14H25N3O2/c1-5-7-17-9-11(15)8-12(17)13(18)16(6-2)10-14(3,4)19/h8-9,19H,5-7,10,15H2,1-4H3. The van der Waals surface area contributed by atoms with Crippen molar-refractivity contribution in [2.45, 2.75) is 46.3 Å². The molecule has 19 heavy (non-hydrogen) atoms. The molecule has 1 aromatic heterocycles. The van der Waals surface area contributed by atoms with Crippen molar-refractivity contribution in [2.24, 2.45) is 0 Å². The van der Waals surface area contributed by atoms with Gasteiger partial charge >= 0.3 is 0 Å². The summed E-state index contributed by atoms with van der Waals surface area (Å²) in [6, 6.07) is 1.70. The fourth-order valence-electron chi connectivity index (χ4n) is 2.09. The second-order valence-electron chi connectivity index (χ2n) is 5.48. The third-order valence-electron chi connectivity index (χ3n) is 2.85. The lowest BCUT2D eigenvalue weighted by Gasteiger charge is -2.28. The van der Waals surface area contributed by atoms with Crippen molar-refractivity contribution in [3.63, 3.8) is 0 Å². The van der Waals surface area contributed by atoms with Crippen LogP contribution in [-0.4, -0.2) is 39.2 Å². The first-order chi connectivity index (χ1) is 8.78. The number of nitrogen functional groups attached to an aromatic ring is 1. The number of aromatic nitrogens is 1. The van der Waals surface area contributed by atoms with Crippen LogP contribution in [0.25, 0.3) is 0 Å². The second kappa shape index (κ2) is 6.10. The molecule has 0 aliphatic heterocycles. The molecule has 0 radical (unpaired) electrons. The van der Waals surface area contributed by atoms with Gasteiger partial charge in [-0.3, -0.25) is 4.79 Å². The quantitative estimate of drug-likeness (QED) is 0.824. The Hall–Kier alpha value is -1.49. The van der Waals surface area contributed by atoms with Crippen LogP contribution in [0.2, 0.25) is 0 Å². The molecule has 0 aliphatic rings. The van der Waals surface area contributed by atoms with Crippen LogP contribution in [0.1, 0.15) is 44.6 Å². The summed E-state index contributed by atoms with van der Waals surface area (Å²) < 4.78 is 1.88. The highest BCUT2D eigenvalue weighted by molar-refractivity contribution is 5.93. The maximum Gasteiger partial charge on any atom is 0.270 e. The van der Waals surface area contributed by atoms with Crippen LogP contribution < -0.4 is 5.73 Å². The molecular formula is C14H25N3O2. The molecule has 1 amide bonds. The predicted molar refractivity (Wildman–Crippen MR) is 77.0 cm³/mol. The van der Waals surface area contributed by atoms with Crippen LogP contribution in [0.4, 0.5) is 5.69 Å². The van der Waals surface area contributed by atoms with E-state index in [9.17, 15) is 9.90 Å². The second-order valence-corrected chi connectivity index (χ2v) is 5.48. The third-order valence-corrected chi connectivity index (χ3v) is 2.85. The highest BCUT2D eigenvalue weighted by atomic mass is 16.3. The summed E-state index contributed by atoms with van der Waals surface area (Å²) >= 11 is 0. The van der Waals surface area contributed by atoms with Crippen LogP contribution in [-0.2, 0) is 6.54 Å². The van der Waals surface area contributed by atoms with Gasteiger partial charge in [0.2, 0.25) is 0 Å². The van der Waals surface area contributed by atoms with Gasteiger partial charge in [-0.25, -0.2) is 0 Å². The molecule has 0 aromatic carbocycles. The molecule has 0 atom stereocenters. The van der Waals surface area contributed by atoms with Crippen LogP contribution in [0.5, 0.6) is 0 Å². The number of hydrogen-bond acceptors (Lipinski definition) is 3. The number of carbonyl (C=O) groups excluding carboxylic acids is 1. The zero-order valence-electron chi connectivity index (χ0n) is 12.3. The monoisotopic (exact) mass is 267 g/mol. The molecule has 0 saturated carbocycles. The molecule has 0 spiro atoms. The highest BCUT2D eigenvalue weighted by Crippen LogP contribution is 2.15. The van der Waals surface area contributed by atoms with E-state index in [4.69, 9.17) is 5.73 Å². The van der Waals surface area contributed by atoms with Crippen LogP contribution in [0.3, 0.4) is 0 Å². The molecule has 108 valence electrons. The summed E-state index contributed by atoms with van der Waals surface area (Å²) in [7, 11) is 0. The molecule has 0 aliphatic carbocycles. The van der Waals surface area contributed by atoms with E-state index in [0.29, 0.717) is 24.5 Å². The van der Waals surface area contributed by atoms with E-state index in [2.05, 4.69) is 6.92 Å². The Bertz CT molecular complexity index is 432. The molecule has 1 rings (SSSR count). The minimum absolute atomic E-state index is 0.0882. The van der Waals surface area contributed by atoms with E-state index in [1.807, 2.05) is 11.5 Å². The minimum atomic E-state index is -0.903. The Balaban J connectivity index is 2.97. The lowest BCUT2D eigenvalue weighted by atomic mass is 10.1. The minimum Gasteiger partial charge on any atom is -0.397 e. The first-order valence-electron chi connectivity index (χ1n) is 6.75. The van der Waals surface area contributed by atoms with Crippen molar-refractivity contribution >= 4 is 11.6 Å². The molecular weight excluding hydrogens is 242 g/mol. The number of amides is 1. The lowest BCUT2D eigenvalue weighted by molar-refractivity contribution is 0.0309. The Kier molecular flexibility index (Phi) is 5.00. The first-order valence-corrected chi connectivity index (χ1v) is 6.75. The van der Waals surface area contributed by atoms with Crippen molar-refractivity contribution in [2.75, 3.05) is 18.8 Å². The molecule has 0 saturated heterocycles. The number of nitrogens with two attached hydrogens (primary N) is 1. The zero-order valence-corrected chi connectivity index (χ0v) is 12.3. The zero-order chi connectivity index (χ0) is 14.6. The van der Waals surface area contributed by atoms with E-state index in [1.165, 1.54) is 0 Å². The number of aryl methyl sites for hydroxylation is 1. The van der Waals surface area contributed by atoms with E-state index >= 15 is 0 Å². The van der Waals surface area contributed by atoms with Crippen molar-refractivity contribution < 1.29 is 9.90 Å². The SMILES string of the molecule is CCCn1cc(N)cc1C(=O)N(CC)CC(C)(C)O. The maximum absolute atomic E-state index is 12.5. The van der Waals surface area contributed by atoms with Crippen molar-refractivity contribution in [3.8, 4) is 0 Å². The molecule has 1 aromatic rings. The molecule has 0 unspecified atom stereocenters. The molecule has 0 fully saturated rings. The summed E-state index contributed by atoms with van der Waals surface area (Å²) in [5, 5.41) is 9.87. The van der Waals surface area contributed by atoms with Gasteiger partial charge in [0, 0.05) is 25.8 Å². The Morgan fingerprint density at radius 2 is 2.11 bits per heavy atom. The average molecular weight is 267 g/mol. The number of anilines is 1. The summed E-state index contributed by atoms with van der Waals surface area (Å²) in [4.78, 5) is 14.1. The van der Waals surface area contributed by atoms with Crippen molar-refractivity contribution in [1.82, 2.24) is 9.47 Å². The maximum atomic E-state index is 12.5. The normalized spacial score (nSPS) is 11.6. The summed E-state index contributed by atoms with van der Waals surface area (Å²) in [6.07, 6.45) is 2.72. The number of nitrogens with zero attached hydrogens (tertiary/aromatic N) is 2. The molecule has 5 nitrogen and oxygen atoms in total. The largest absolute Gasteiger partial charge is 0.397 e. The van der Waals surface area contributed by atoms with E-state index < -0.39 is 5.60 Å². The van der Waals surface area contributed by atoms with Gasteiger partial charge in [-0.1, -0.05) is 6.92 Å². The van der Waals surface area contributed by atoms with Gasteiger partial charge in [-0.2, -0.15) is 0 Å². The predicted octanol–water partition coefficient (Wildman–Crippen LogP) is 1.71. The van der Waals surface area contributed by atoms with E-state index in [-0.39, 0.29) is 5.91 Å². The Morgan fingerprint density at radius 3 is 2.58 bits per heavy atom. The third kappa shape index (κ3) is 4.28. The number of rotatable bonds is 6. The Morgan fingerprint density at radius 1 is 1.47 bits per heavy atom. The van der Waals surface area contributed by atoms with Gasteiger partial charge in [0.15, 0.2) is 0 Å². The summed E-state index contributed by atoms with van der Waals surface area (Å²) in [5.41, 5.74) is 6.05. The molecule has 1 heterocycles. The lowest BCUT2D eigenvalue weighted by Crippen LogP contribution is -2.42. The van der Waals surface area contributed by atoms with Gasteiger partial charge in [-0.05, 0) is 33.3 Å². The number of hydrogen-bond donors (Lipinski definition) is 2. The van der Waals surface area contributed by atoms with Crippen LogP contribution in [0.15, 0.2) is 12.3 Å². The van der Waals surface area contributed by atoms with E-state index in [1.54, 1.807) is 31.0 Å². The van der Waals surface area contributed by atoms with Crippen molar-refractivity contribution in [1.29, 1.82) is 0 Å². The van der Waals surface area contributed by atoms with Crippen LogP contribution >= 0.6 is 0 Å². The molecule has 0 bridgehead atoms. The van der Waals surface area contributed by atoms with Gasteiger partial charge in [0.25, 0.3) is 5.91 Å². The topological polar surface area (TPSA) is 71.5 Å². The summed E-state index contributed by atoms with van der Waals surface area (Å²) in [5.74, 6) is -0.0882. The number of carbonyl (C=O) groups is 1. The number of likely N-dealkylation sites (N-methyl/N-ethyl adjacent to an activating group) is 1. The van der Waals surface area contributed by atoms with Gasteiger partial charge in [-0.15, -0.1) is 0 Å². The van der Waals surface area contributed by atoms with Crippen LogP contribution in [0, 0.1) is 0 Å². The van der Waals surface area contributed by atoms with Gasteiger partial charge < -0.3 is 20.3 Å². The smallest absolute Gasteiger partial charge is 0.270 e. The number of aliphatic hydroxyl groups is 1. The molecule has 3 N–H and O–H groups in total. The molecule has 5 heteroatoms. The van der Waals surface area contributed by atoms with E-state index in [0.717, 1.165) is 13.0 Å². The first kappa shape index (κ1) is 15.6. The van der Waals surface area contributed by atoms with Gasteiger partial charge in [0.1, 0.15) is 5.69 Å².